The van der Waals surface area contributed by atoms with Crippen LogP contribution >= 0.6 is 0 Å². The molecule has 0 radical (unpaired) electrons. The summed E-state index contributed by atoms with van der Waals surface area (Å²) in [6.45, 7) is 16.4. The molecule has 0 amide bonds. The highest BCUT2D eigenvalue weighted by molar-refractivity contribution is 6.00. The fraction of sp³-hybridized carbons (Fsp3) is 0.350. The molecule has 0 aliphatic heterocycles. The van der Waals surface area contributed by atoms with Gasteiger partial charge in [-0.05, 0) is 130 Å². The number of rotatable bonds is 13. The lowest BCUT2D eigenvalue weighted by atomic mass is 9.82. The second kappa shape index (κ2) is 14.2. The van der Waals surface area contributed by atoms with Crippen LogP contribution < -0.4 is 14.2 Å². The summed E-state index contributed by atoms with van der Waals surface area (Å²) in [7, 11) is 0. The maximum absolute atomic E-state index is 12.9. The van der Waals surface area contributed by atoms with Gasteiger partial charge in [0, 0.05) is 11.0 Å². The van der Waals surface area contributed by atoms with Crippen molar-refractivity contribution in [2.75, 3.05) is 0 Å². The molecule has 4 rings (SSSR count). The summed E-state index contributed by atoms with van der Waals surface area (Å²) in [6.07, 6.45) is 3.62. The summed E-state index contributed by atoms with van der Waals surface area (Å²) in [6, 6.07) is 26.2. The van der Waals surface area contributed by atoms with Gasteiger partial charge in [-0.1, -0.05) is 58.4 Å². The molecule has 0 fully saturated rings. The maximum atomic E-state index is 12.9. The molecular weight excluding hydrogens is 560 g/mol. The number of carbonyl (C=O) groups is 2. The number of ether oxygens (including phenoxy) is 3. The first-order valence-corrected chi connectivity index (χ1v) is 15.8. The van der Waals surface area contributed by atoms with Crippen molar-refractivity contribution in [1.29, 1.82) is 0 Å². The predicted molar refractivity (Wildman–Crippen MR) is 181 cm³/mol. The number of aryl methyl sites for hydroxylation is 2. The standard InChI is InChI=1S/C40H46O5/c1-9-23-40(7,8)45-36-22-12-30(25-28(36)4)26-29-11-21-35(27(3)24-29)44-38(42)32-15-19-34(20-16-32)43-33-17-13-31(14-18-33)37(41)39(5,6)10-2/h11-22,24-25H,9-10,23,26H2,1-8H3. The smallest absolute Gasteiger partial charge is 0.343 e. The van der Waals surface area contributed by atoms with Crippen LogP contribution in [0, 0.1) is 19.3 Å². The number of hydrogen-bond donors (Lipinski definition) is 0. The zero-order chi connectivity index (χ0) is 32.8. The highest BCUT2D eigenvalue weighted by atomic mass is 16.5. The van der Waals surface area contributed by atoms with E-state index >= 15 is 0 Å². The Morgan fingerprint density at radius 3 is 1.67 bits per heavy atom. The number of hydrogen-bond acceptors (Lipinski definition) is 5. The van der Waals surface area contributed by atoms with Crippen LogP contribution in [0.4, 0.5) is 0 Å². The summed E-state index contributed by atoms with van der Waals surface area (Å²) in [5.41, 5.74) is 4.85. The van der Waals surface area contributed by atoms with Crippen molar-refractivity contribution < 1.29 is 23.8 Å². The lowest BCUT2D eigenvalue weighted by Gasteiger charge is -2.27. The van der Waals surface area contributed by atoms with Crippen LogP contribution in [-0.4, -0.2) is 17.4 Å². The monoisotopic (exact) mass is 606 g/mol. The van der Waals surface area contributed by atoms with Crippen molar-refractivity contribution in [3.05, 3.63) is 118 Å². The van der Waals surface area contributed by atoms with E-state index in [1.807, 2.05) is 39.8 Å². The summed E-state index contributed by atoms with van der Waals surface area (Å²) in [5.74, 6) is 2.33. The van der Waals surface area contributed by atoms with Crippen molar-refractivity contribution in [3.8, 4) is 23.0 Å². The molecule has 4 aromatic rings. The van der Waals surface area contributed by atoms with Crippen molar-refractivity contribution in [2.45, 2.75) is 86.7 Å². The third-order valence-electron chi connectivity index (χ3n) is 8.27. The Kier molecular flexibility index (Phi) is 10.5. The van der Waals surface area contributed by atoms with Crippen molar-refractivity contribution in [2.24, 2.45) is 5.41 Å². The van der Waals surface area contributed by atoms with E-state index in [9.17, 15) is 9.59 Å². The highest BCUT2D eigenvalue weighted by Crippen LogP contribution is 2.30. The van der Waals surface area contributed by atoms with Gasteiger partial charge in [0.15, 0.2) is 5.78 Å². The van der Waals surface area contributed by atoms with Gasteiger partial charge >= 0.3 is 5.97 Å². The molecule has 0 heterocycles. The number of ketones is 1. The number of Topliss-reactive ketones (excluding diaryl/α,β-unsaturated/α-hetero) is 1. The summed E-state index contributed by atoms with van der Waals surface area (Å²) in [4.78, 5) is 25.6. The van der Waals surface area contributed by atoms with Gasteiger partial charge in [-0.15, -0.1) is 0 Å². The van der Waals surface area contributed by atoms with Crippen molar-refractivity contribution in [3.63, 3.8) is 0 Å². The molecule has 0 aliphatic carbocycles. The third-order valence-corrected chi connectivity index (χ3v) is 8.27. The zero-order valence-electron chi connectivity index (χ0n) is 28.0. The average Bonchev–Trinajstić information content (AvgIpc) is 3.00. The Bertz CT molecular complexity index is 1630. The Balaban J connectivity index is 1.34. The highest BCUT2D eigenvalue weighted by Gasteiger charge is 2.26. The molecule has 0 bridgehead atoms. The quantitative estimate of drug-likeness (QED) is 0.0861. The average molecular weight is 607 g/mol. The summed E-state index contributed by atoms with van der Waals surface area (Å²) in [5, 5.41) is 0. The van der Waals surface area contributed by atoms with Gasteiger partial charge in [-0.3, -0.25) is 4.79 Å². The number of esters is 1. The maximum Gasteiger partial charge on any atom is 0.343 e. The van der Waals surface area contributed by atoms with Gasteiger partial charge in [-0.2, -0.15) is 0 Å². The SMILES string of the molecule is CCCC(C)(C)Oc1ccc(Cc2ccc(OC(=O)c3ccc(Oc4ccc(C(=O)C(C)(C)CC)cc4)cc3)c(C)c2)cc1C. The lowest BCUT2D eigenvalue weighted by Crippen LogP contribution is -2.28. The molecule has 5 nitrogen and oxygen atoms in total. The van der Waals surface area contributed by atoms with Crippen LogP contribution in [0.15, 0.2) is 84.9 Å². The van der Waals surface area contributed by atoms with E-state index < -0.39 is 11.4 Å². The van der Waals surface area contributed by atoms with Crippen LogP contribution in [0.25, 0.3) is 0 Å². The van der Waals surface area contributed by atoms with Crippen LogP contribution in [0.2, 0.25) is 0 Å². The van der Waals surface area contributed by atoms with Crippen LogP contribution in [-0.2, 0) is 6.42 Å². The molecule has 0 unspecified atom stereocenters. The Morgan fingerprint density at radius 1 is 0.667 bits per heavy atom. The fourth-order valence-corrected chi connectivity index (χ4v) is 5.24. The van der Waals surface area contributed by atoms with Gasteiger partial charge in [0.1, 0.15) is 28.6 Å². The minimum absolute atomic E-state index is 0.113. The minimum Gasteiger partial charge on any atom is -0.488 e. The first-order valence-electron chi connectivity index (χ1n) is 15.8. The van der Waals surface area contributed by atoms with E-state index in [1.165, 1.54) is 5.56 Å². The van der Waals surface area contributed by atoms with Crippen LogP contribution in [0.1, 0.15) is 104 Å². The number of carbonyl (C=O) groups excluding carboxylic acids is 2. The predicted octanol–water partition coefficient (Wildman–Crippen LogP) is 10.5. The lowest BCUT2D eigenvalue weighted by molar-refractivity contribution is 0.0732. The zero-order valence-corrected chi connectivity index (χ0v) is 28.0. The van der Waals surface area contributed by atoms with E-state index in [0.717, 1.165) is 48.1 Å². The molecule has 0 N–H and O–H groups in total. The fourth-order valence-electron chi connectivity index (χ4n) is 5.24. The molecule has 0 saturated carbocycles. The van der Waals surface area contributed by atoms with Gasteiger partial charge in [0.25, 0.3) is 0 Å². The molecule has 0 saturated heterocycles. The molecule has 0 atom stereocenters. The molecule has 45 heavy (non-hydrogen) atoms. The second-order valence-corrected chi connectivity index (χ2v) is 13.1. The molecule has 0 aliphatic rings. The second-order valence-electron chi connectivity index (χ2n) is 13.1. The minimum atomic E-state index is -0.434. The Labute approximate surface area is 268 Å². The first kappa shape index (κ1) is 33.5. The number of benzene rings is 4. The van der Waals surface area contributed by atoms with E-state index in [0.29, 0.717) is 28.4 Å². The van der Waals surface area contributed by atoms with E-state index in [2.05, 4.69) is 52.0 Å². The van der Waals surface area contributed by atoms with Crippen molar-refractivity contribution in [1.82, 2.24) is 0 Å². The summed E-state index contributed by atoms with van der Waals surface area (Å²) < 4.78 is 18.0. The molecule has 4 aromatic carbocycles. The largest absolute Gasteiger partial charge is 0.488 e. The van der Waals surface area contributed by atoms with E-state index in [-0.39, 0.29) is 11.4 Å². The van der Waals surface area contributed by atoms with Crippen LogP contribution in [0.3, 0.4) is 0 Å². The summed E-state index contributed by atoms with van der Waals surface area (Å²) >= 11 is 0. The van der Waals surface area contributed by atoms with Gasteiger partial charge in [0.2, 0.25) is 0 Å². The molecule has 0 aromatic heterocycles. The molecule has 5 heteroatoms. The normalized spacial score (nSPS) is 11.6. The first-order chi connectivity index (χ1) is 21.3. The van der Waals surface area contributed by atoms with Gasteiger partial charge < -0.3 is 14.2 Å². The Hall–Kier alpha value is -4.38. The Morgan fingerprint density at radius 2 is 1.18 bits per heavy atom. The molecule has 0 spiro atoms. The van der Waals surface area contributed by atoms with Gasteiger partial charge in [0.05, 0.1) is 5.56 Å². The van der Waals surface area contributed by atoms with Crippen LogP contribution in [0.5, 0.6) is 23.0 Å². The van der Waals surface area contributed by atoms with E-state index in [1.54, 1.807) is 48.5 Å². The van der Waals surface area contributed by atoms with Gasteiger partial charge in [-0.25, -0.2) is 4.79 Å². The topological polar surface area (TPSA) is 61.8 Å². The van der Waals surface area contributed by atoms with E-state index in [4.69, 9.17) is 14.2 Å². The molecule has 236 valence electrons. The molecular formula is C40H46O5. The third kappa shape index (κ3) is 8.85. The van der Waals surface area contributed by atoms with Crippen molar-refractivity contribution >= 4 is 11.8 Å².